The van der Waals surface area contributed by atoms with Gasteiger partial charge in [0.1, 0.15) is 6.54 Å². The summed E-state index contributed by atoms with van der Waals surface area (Å²) >= 11 is 0. The van der Waals surface area contributed by atoms with Gasteiger partial charge in [0.2, 0.25) is 5.91 Å². The molecule has 0 bridgehead atoms. The first kappa shape index (κ1) is 20.7. The molecule has 1 fully saturated rings. The highest BCUT2D eigenvalue weighted by molar-refractivity contribution is 6.04. The average molecular weight is 400 g/mol. The van der Waals surface area contributed by atoms with Crippen molar-refractivity contribution in [3.63, 3.8) is 0 Å². The summed E-state index contributed by atoms with van der Waals surface area (Å²) < 4.78 is 6.65. The van der Waals surface area contributed by atoms with Gasteiger partial charge in [0.25, 0.3) is 0 Å². The van der Waals surface area contributed by atoms with Gasteiger partial charge >= 0.3 is 12.0 Å². The molecule has 1 aliphatic rings. The van der Waals surface area contributed by atoms with E-state index in [0.29, 0.717) is 44.8 Å². The zero-order valence-corrected chi connectivity index (χ0v) is 17.3. The topological polar surface area (TPSA) is 75.1 Å². The molecule has 8 nitrogen and oxygen atoms in total. The number of rotatable bonds is 5. The van der Waals surface area contributed by atoms with Gasteiger partial charge in [-0.25, -0.2) is 9.59 Å². The molecule has 1 aromatic heterocycles. The summed E-state index contributed by atoms with van der Waals surface area (Å²) in [5.74, 6) is -0.451. The third-order valence-corrected chi connectivity index (χ3v) is 5.44. The average Bonchev–Trinajstić information content (AvgIpc) is 3.12. The van der Waals surface area contributed by atoms with Gasteiger partial charge in [-0.1, -0.05) is 18.2 Å². The fraction of sp³-hybridized carbons (Fsp3) is 0.476. The molecule has 0 aliphatic carbocycles. The predicted molar refractivity (Wildman–Crippen MR) is 110 cm³/mol. The van der Waals surface area contributed by atoms with E-state index in [2.05, 4.69) is 0 Å². The Labute approximate surface area is 170 Å². The first-order valence-corrected chi connectivity index (χ1v) is 9.97. The Morgan fingerprint density at radius 2 is 1.62 bits per heavy atom. The van der Waals surface area contributed by atoms with Gasteiger partial charge in [-0.15, -0.1) is 0 Å². The SMILES string of the molecule is CCN(CC)C(=O)N1CCN(C(=O)Cn2cc(C(=O)OC)c3ccccc32)CC1. The molecule has 156 valence electrons. The Kier molecular flexibility index (Phi) is 6.41. The Morgan fingerprint density at radius 1 is 1.00 bits per heavy atom. The summed E-state index contributed by atoms with van der Waals surface area (Å²) in [4.78, 5) is 42.8. The van der Waals surface area contributed by atoms with E-state index in [1.165, 1.54) is 7.11 Å². The molecule has 0 N–H and O–H groups in total. The summed E-state index contributed by atoms with van der Waals surface area (Å²) in [6, 6.07) is 7.49. The molecule has 2 aromatic rings. The van der Waals surface area contributed by atoms with Crippen LogP contribution in [0.1, 0.15) is 24.2 Å². The van der Waals surface area contributed by atoms with Gasteiger partial charge in [-0.2, -0.15) is 0 Å². The number of carbonyl (C=O) groups excluding carboxylic acids is 3. The van der Waals surface area contributed by atoms with Crippen LogP contribution in [0.3, 0.4) is 0 Å². The van der Waals surface area contributed by atoms with E-state index in [4.69, 9.17) is 4.74 Å². The normalized spacial score (nSPS) is 14.2. The van der Waals surface area contributed by atoms with Gasteiger partial charge in [0.05, 0.1) is 12.7 Å². The number of hydrogen-bond donors (Lipinski definition) is 0. The lowest BCUT2D eigenvalue weighted by molar-refractivity contribution is -0.133. The Morgan fingerprint density at radius 3 is 2.24 bits per heavy atom. The number of carbonyl (C=O) groups is 3. The van der Waals surface area contributed by atoms with E-state index >= 15 is 0 Å². The number of aromatic nitrogens is 1. The van der Waals surface area contributed by atoms with Crippen LogP contribution in [0, 0.1) is 0 Å². The molecule has 2 heterocycles. The molecule has 0 radical (unpaired) electrons. The van der Waals surface area contributed by atoms with Crippen molar-refractivity contribution in [2.75, 3.05) is 46.4 Å². The van der Waals surface area contributed by atoms with Crippen molar-refractivity contribution in [1.82, 2.24) is 19.3 Å². The van der Waals surface area contributed by atoms with E-state index in [9.17, 15) is 14.4 Å². The number of nitrogens with zero attached hydrogens (tertiary/aromatic N) is 4. The van der Waals surface area contributed by atoms with Crippen LogP contribution >= 0.6 is 0 Å². The van der Waals surface area contributed by atoms with E-state index in [1.54, 1.807) is 25.5 Å². The highest BCUT2D eigenvalue weighted by Gasteiger charge is 2.27. The van der Waals surface area contributed by atoms with E-state index < -0.39 is 5.97 Å². The van der Waals surface area contributed by atoms with Crippen LogP contribution in [0.5, 0.6) is 0 Å². The second kappa shape index (κ2) is 8.98. The number of para-hydroxylation sites is 1. The number of ether oxygens (including phenoxy) is 1. The fourth-order valence-corrected chi connectivity index (χ4v) is 3.74. The minimum absolute atomic E-state index is 0.0289. The van der Waals surface area contributed by atoms with Gasteiger partial charge in [-0.05, 0) is 19.9 Å². The molecule has 0 unspecified atom stereocenters. The molecule has 3 rings (SSSR count). The summed E-state index contributed by atoms with van der Waals surface area (Å²) in [7, 11) is 1.35. The third kappa shape index (κ3) is 4.21. The summed E-state index contributed by atoms with van der Waals surface area (Å²) in [6.07, 6.45) is 1.68. The minimum atomic E-state index is -0.420. The lowest BCUT2D eigenvalue weighted by Crippen LogP contribution is -2.54. The second-order valence-corrected chi connectivity index (χ2v) is 7.00. The molecule has 1 aromatic carbocycles. The van der Waals surface area contributed by atoms with Crippen LogP contribution in [0.15, 0.2) is 30.5 Å². The van der Waals surface area contributed by atoms with Crippen molar-refractivity contribution in [3.8, 4) is 0 Å². The van der Waals surface area contributed by atoms with Crippen LogP contribution in [-0.2, 0) is 16.1 Å². The fourth-order valence-electron chi connectivity index (χ4n) is 3.74. The van der Waals surface area contributed by atoms with Crippen molar-refractivity contribution in [3.05, 3.63) is 36.0 Å². The first-order valence-electron chi connectivity index (χ1n) is 9.97. The molecular formula is C21H28N4O4. The van der Waals surface area contributed by atoms with Crippen molar-refractivity contribution in [2.45, 2.75) is 20.4 Å². The maximum Gasteiger partial charge on any atom is 0.340 e. The Hall–Kier alpha value is -3.03. The number of esters is 1. The Bertz CT molecular complexity index is 895. The van der Waals surface area contributed by atoms with Crippen LogP contribution < -0.4 is 0 Å². The molecule has 1 saturated heterocycles. The monoisotopic (exact) mass is 400 g/mol. The number of amides is 3. The number of methoxy groups -OCH3 is 1. The van der Waals surface area contributed by atoms with Gasteiger partial charge < -0.3 is 24.0 Å². The molecule has 3 amide bonds. The lowest BCUT2D eigenvalue weighted by Gasteiger charge is -2.37. The molecule has 0 saturated carbocycles. The smallest absolute Gasteiger partial charge is 0.340 e. The van der Waals surface area contributed by atoms with Gasteiger partial charge in [0, 0.05) is 56.4 Å². The number of piperazine rings is 1. The standard InChI is InChI=1S/C21H28N4O4/c1-4-22(5-2)21(28)24-12-10-23(11-13-24)19(26)15-25-14-17(20(27)29-3)16-8-6-7-9-18(16)25/h6-9,14H,4-5,10-13,15H2,1-3H3. The predicted octanol–water partition coefficient (Wildman–Crippen LogP) is 2.03. The number of urea groups is 1. The summed E-state index contributed by atoms with van der Waals surface area (Å²) in [6.45, 7) is 7.50. The second-order valence-electron chi connectivity index (χ2n) is 7.00. The van der Waals surface area contributed by atoms with Crippen LogP contribution in [0.4, 0.5) is 4.79 Å². The van der Waals surface area contributed by atoms with Crippen molar-refractivity contribution < 1.29 is 19.1 Å². The van der Waals surface area contributed by atoms with Crippen molar-refractivity contribution >= 4 is 28.8 Å². The third-order valence-electron chi connectivity index (χ3n) is 5.44. The zero-order valence-electron chi connectivity index (χ0n) is 17.3. The molecular weight excluding hydrogens is 372 g/mol. The molecule has 0 atom stereocenters. The summed E-state index contributed by atoms with van der Waals surface area (Å²) in [5.41, 5.74) is 1.27. The van der Waals surface area contributed by atoms with Crippen LogP contribution in [0.25, 0.3) is 10.9 Å². The van der Waals surface area contributed by atoms with E-state index in [-0.39, 0.29) is 18.5 Å². The maximum atomic E-state index is 12.9. The zero-order chi connectivity index (χ0) is 21.0. The Balaban J connectivity index is 1.68. The molecule has 29 heavy (non-hydrogen) atoms. The summed E-state index contributed by atoms with van der Waals surface area (Å²) in [5, 5.41) is 0.766. The molecule has 8 heteroatoms. The lowest BCUT2D eigenvalue weighted by atomic mass is 10.2. The minimum Gasteiger partial charge on any atom is -0.465 e. The van der Waals surface area contributed by atoms with Gasteiger partial charge in [-0.3, -0.25) is 4.79 Å². The van der Waals surface area contributed by atoms with Crippen LogP contribution in [-0.4, -0.2) is 83.6 Å². The van der Waals surface area contributed by atoms with Crippen molar-refractivity contribution in [2.24, 2.45) is 0 Å². The van der Waals surface area contributed by atoms with Gasteiger partial charge in [0.15, 0.2) is 0 Å². The largest absolute Gasteiger partial charge is 0.465 e. The van der Waals surface area contributed by atoms with E-state index in [1.807, 2.05) is 38.1 Å². The maximum absolute atomic E-state index is 12.9. The van der Waals surface area contributed by atoms with Crippen molar-refractivity contribution in [1.29, 1.82) is 0 Å². The number of benzene rings is 1. The highest BCUT2D eigenvalue weighted by Crippen LogP contribution is 2.22. The quantitative estimate of drug-likeness (QED) is 0.720. The number of hydrogen-bond acceptors (Lipinski definition) is 4. The van der Waals surface area contributed by atoms with E-state index in [0.717, 1.165) is 10.9 Å². The highest BCUT2D eigenvalue weighted by atomic mass is 16.5. The van der Waals surface area contributed by atoms with Crippen LogP contribution in [0.2, 0.25) is 0 Å². The number of fused-ring (bicyclic) bond motifs is 1. The molecule has 0 spiro atoms. The molecule has 1 aliphatic heterocycles. The first-order chi connectivity index (χ1) is 14.0.